The molecular weight excluding hydrogens is 234 g/mol. The molecule has 0 saturated heterocycles. The van der Waals surface area contributed by atoms with Gasteiger partial charge in [-0.25, -0.2) is 0 Å². The molecular formula is C16H27N3. The Kier molecular flexibility index (Phi) is 4.46. The fourth-order valence-corrected chi connectivity index (χ4v) is 2.39. The predicted octanol–water partition coefficient (Wildman–Crippen LogP) is 2.95. The molecule has 1 unspecified atom stereocenters. The largest absolute Gasteiger partial charge is 0.313 e. The summed E-state index contributed by atoms with van der Waals surface area (Å²) in [5.41, 5.74) is 2.64. The second-order valence-electron chi connectivity index (χ2n) is 5.99. The molecule has 1 heterocycles. The second kappa shape index (κ2) is 5.91. The van der Waals surface area contributed by atoms with Gasteiger partial charge >= 0.3 is 0 Å². The molecule has 1 aromatic rings. The van der Waals surface area contributed by atoms with E-state index < -0.39 is 0 Å². The SMILES string of the molecule is C=CC(C)(CNC1CC1)Cc1cc(CC)nn1CC. The van der Waals surface area contributed by atoms with Crippen molar-refractivity contribution in [3.63, 3.8) is 0 Å². The van der Waals surface area contributed by atoms with Crippen LogP contribution in [0.4, 0.5) is 0 Å². The molecule has 3 heteroatoms. The van der Waals surface area contributed by atoms with Crippen molar-refractivity contribution >= 4 is 0 Å². The molecule has 0 aromatic carbocycles. The van der Waals surface area contributed by atoms with E-state index in [1.807, 2.05) is 0 Å². The normalized spacial score (nSPS) is 18.3. The molecule has 0 aliphatic heterocycles. The Balaban J connectivity index is 2.06. The van der Waals surface area contributed by atoms with Gasteiger partial charge in [-0.1, -0.05) is 19.9 Å². The van der Waals surface area contributed by atoms with Crippen molar-refractivity contribution in [3.8, 4) is 0 Å². The molecule has 1 saturated carbocycles. The molecule has 0 amide bonds. The van der Waals surface area contributed by atoms with Crippen LogP contribution in [0.5, 0.6) is 0 Å². The molecule has 0 bridgehead atoms. The average Bonchev–Trinajstić information content (AvgIpc) is 3.17. The number of nitrogens with zero attached hydrogens (tertiary/aromatic N) is 2. The van der Waals surface area contributed by atoms with E-state index in [2.05, 4.69) is 54.6 Å². The van der Waals surface area contributed by atoms with Gasteiger partial charge in [-0.15, -0.1) is 6.58 Å². The molecule has 3 nitrogen and oxygen atoms in total. The summed E-state index contributed by atoms with van der Waals surface area (Å²) in [4.78, 5) is 0. The van der Waals surface area contributed by atoms with Gasteiger partial charge in [0.1, 0.15) is 0 Å². The molecule has 0 spiro atoms. The summed E-state index contributed by atoms with van der Waals surface area (Å²) < 4.78 is 2.14. The first-order chi connectivity index (χ1) is 9.10. The highest BCUT2D eigenvalue weighted by Gasteiger charge is 2.27. The minimum atomic E-state index is 0.112. The molecule has 1 aliphatic carbocycles. The van der Waals surface area contributed by atoms with Crippen molar-refractivity contribution in [2.75, 3.05) is 6.54 Å². The van der Waals surface area contributed by atoms with E-state index in [1.165, 1.54) is 24.2 Å². The average molecular weight is 261 g/mol. The lowest BCUT2D eigenvalue weighted by atomic mass is 9.85. The highest BCUT2D eigenvalue weighted by Crippen LogP contribution is 2.26. The second-order valence-corrected chi connectivity index (χ2v) is 5.99. The number of hydrogen-bond acceptors (Lipinski definition) is 2. The van der Waals surface area contributed by atoms with Gasteiger partial charge in [-0.2, -0.15) is 5.10 Å². The molecule has 0 radical (unpaired) electrons. The standard InChI is InChI=1S/C16H27N3/c1-5-13-10-15(19(7-3)18-13)11-16(4,6-2)12-17-14-8-9-14/h6,10,14,17H,2,5,7-9,11-12H2,1,3-4H3. The highest BCUT2D eigenvalue weighted by atomic mass is 15.3. The summed E-state index contributed by atoms with van der Waals surface area (Å²) in [6.07, 6.45) is 6.78. The zero-order valence-electron chi connectivity index (χ0n) is 12.6. The molecule has 1 aromatic heterocycles. The number of rotatable bonds is 8. The van der Waals surface area contributed by atoms with E-state index in [0.29, 0.717) is 0 Å². The zero-order chi connectivity index (χ0) is 13.9. The monoisotopic (exact) mass is 261 g/mol. The van der Waals surface area contributed by atoms with Gasteiger partial charge < -0.3 is 5.32 Å². The maximum absolute atomic E-state index is 4.64. The van der Waals surface area contributed by atoms with Crippen LogP contribution in [0.3, 0.4) is 0 Å². The van der Waals surface area contributed by atoms with Crippen LogP contribution in [0.1, 0.15) is 45.0 Å². The molecule has 2 rings (SSSR count). The van der Waals surface area contributed by atoms with E-state index in [0.717, 1.165) is 32.0 Å². The van der Waals surface area contributed by atoms with Crippen molar-refractivity contribution < 1.29 is 0 Å². The van der Waals surface area contributed by atoms with Crippen LogP contribution in [-0.4, -0.2) is 22.4 Å². The maximum atomic E-state index is 4.64. The summed E-state index contributed by atoms with van der Waals surface area (Å²) in [5.74, 6) is 0. The van der Waals surface area contributed by atoms with Crippen LogP contribution in [-0.2, 0) is 19.4 Å². The first-order valence-corrected chi connectivity index (χ1v) is 7.52. The molecule has 1 aliphatic rings. The molecule has 1 fully saturated rings. The minimum Gasteiger partial charge on any atom is -0.313 e. The predicted molar refractivity (Wildman–Crippen MR) is 80.3 cm³/mol. The number of hydrogen-bond donors (Lipinski definition) is 1. The van der Waals surface area contributed by atoms with Crippen molar-refractivity contribution in [2.24, 2.45) is 5.41 Å². The smallest absolute Gasteiger partial charge is 0.0624 e. The molecule has 1 atom stereocenters. The first-order valence-electron chi connectivity index (χ1n) is 7.52. The van der Waals surface area contributed by atoms with E-state index in [1.54, 1.807) is 0 Å². The van der Waals surface area contributed by atoms with Crippen molar-refractivity contribution in [3.05, 3.63) is 30.1 Å². The van der Waals surface area contributed by atoms with Crippen LogP contribution < -0.4 is 5.32 Å². The van der Waals surface area contributed by atoms with Gasteiger partial charge in [0.25, 0.3) is 0 Å². The number of aryl methyl sites for hydroxylation is 2. The third kappa shape index (κ3) is 3.69. The van der Waals surface area contributed by atoms with Crippen LogP contribution in [0.25, 0.3) is 0 Å². The third-order valence-electron chi connectivity index (χ3n) is 4.03. The van der Waals surface area contributed by atoms with Gasteiger partial charge in [0.2, 0.25) is 0 Å². The summed E-state index contributed by atoms with van der Waals surface area (Å²) in [6.45, 7) is 12.6. The maximum Gasteiger partial charge on any atom is 0.0624 e. The lowest BCUT2D eigenvalue weighted by molar-refractivity contribution is 0.376. The fourth-order valence-electron chi connectivity index (χ4n) is 2.39. The van der Waals surface area contributed by atoms with Gasteiger partial charge in [0, 0.05) is 30.2 Å². The molecule has 19 heavy (non-hydrogen) atoms. The van der Waals surface area contributed by atoms with Crippen molar-refractivity contribution in [1.82, 2.24) is 15.1 Å². The molecule has 1 N–H and O–H groups in total. The highest BCUT2D eigenvalue weighted by molar-refractivity contribution is 5.15. The van der Waals surface area contributed by atoms with Crippen molar-refractivity contribution in [2.45, 2.75) is 59.0 Å². The third-order valence-corrected chi connectivity index (χ3v) is 4.03. The van der Waals surface area contributed by atoms with Gasteiger partial charge in [-0.3, -0.25) is 4.68 Å². The summed E-state index contributed by atoms with van der Waals surface area (Å²) in [7, 11) is 0. The van der Waals surface area contributed by atoms with Crippen LogP contribution in [0.15, 0.2) is 18.7 Å². The Morgan fingerprint density at radius 1 is 1.53 bits per heavy atom. The number of aromatic nitrogens is 2. The lowest BCUT2D eigenvalue weighted by Crippen LogP contribution is -2.33. The van der Waals surface area contributed by atoms with E-state index in [9.17, 15) is 0 Å². The summed E-state index contributed by atoms with van der Waals surface area (Å²) >= 11 is 0. The quantitative estimate of drug-likeness (QED) is 0.729. The lowest BCUT2D eigenvalue weighted by Gasteiger charge is -2.26. The zero-order valence-corrected chi connectivity index (χ0v) is 12.6. The van der Waals surface area contributed by atoms with E-state index >= 15 is 0 Å². The van der Waals surface area contributed by atoms with Gasteiger partial charge in [0.05, 0.1) is 5.69 Å². The van der Waals surface area contributed by atoms with E-state index in [4.69, 9.17) is 0 Å². The summed E-state index contributed by atoms with van der Waals surface area (Å²) in [5, 5.41) is 8.26. The van der Waals surface area contributed by atoms with Crippen LogP contribution in [0, 0.1) is 5.41 Å². The van der Waals surface area contributed by atoms with Crippen LogP contribution >= 0.6 is 0 Å². The first kappa shape index (κ1) is 14.3. The fraction of sp³-hybridized carbons (Fsp3) is 0.688. The van der Waals surface area contributed by atoms with E-state index in [-0.39, 0.29) is 5.41 Å². The Morgan fingerprint density at radius 2 is 2.26 bits per heavy atom. The Labute approximate surface area is 117 Å². The van der Waals surface area contributed by atoms with Gasteiger partial charge in [0.15, 0.2) is 0 Å². The Morgan fingerprint density at radius 3 is 2.79 bits per heavy atom. The number of nitrogens with one attached hydrogen (secondary N) is 1. The Hall–Kier alpha value is -1.09. The minimum absolute atomic E-state index is 0.112. The van der Waals surface area contributed by atoms with Crippen molar-refractivity contribution in [1.29, 1.82) is 0 Å². The Bertz CT molecular complexity index is 431. The summed E-state index contributed by atoms with van der Waals surface area (Å²) in [6, 6.07) is 3.00. The van der Waals surface area contributed by atoms with Gasteiger partial charge in [-0.05, 0) is 38.7 Å². The molecule has 106 valence electrons. The van der Waals surface area contributed by atoms with Crippen LogP contribution in [0.2, 0.25) is 0 Å². The topological polar surface area (TPSA) is 29.9 Å².